The molecule has 1 aliphatic heterocycles. The molecule has 2 rings (SSSR count). The van der Waals surface area contributed by atoms with Crippen molar-refractivity contribution >= 4 is 31.6 Å². The molecular formula is C12H16BrFN2O3S. The smallest absolute Gasteiger partial charge is 0.245 e. The van der Waals surface area contributed by atoms with Crippen LogP contribution >= 0.6 is 15.9 Å². The van der Waals surface area contributed by atoms with E-state index in [1.807, 2.05) is 0 Å². The Morgan fingerprint density at radius 1 is 1.55 bits per heavy atom. The first-order valence-electron chi connectivity index (χ1n) is 6.10. The molecule has 1 heterocycles. The maximum Gasteiger partial charge on any atom is 0.245 e. The third-order valence-electron chi connectivity index (χ3n) is 3.32. The summed E-state index contributed by atoms with van der Waals surface area (Å²) in [7, 11) is -2.11. The first-order valence-corrected chi connectivity index (χ1v) is 8.33. The minimum absolute atomic E-state index is 0.0659. The molecule has 0 radical (unpaired) electrons. The van der Waals surface area contributed by atoms with Gasteiger partial charge in [-0.1, -0.05) is 0 Å². The van der Waals surface area contributed by atoms with E-state index < -0.39 is 15.8 Å². The van der Waals surface area contributed by atoms with Gasteiger partial charge in [0.25, 0.3) is 0 Å². The summed E-state index contributed by atoms with van der Waals surface area (Å²) in [6.07, 6.45) is 0.745. The van der Waals surface area contributed by atoms with Crippen molar-refractivity contribution in [3.63, 3.8) is 0 Å². The van der Waals surface area contributed by atoms with Gasteiger partial charge in [0, 0.05) is 20.2 Å². The van der Waals surface area contributed by atoms with Crippen LogP contribution in [-0.2, 0) is 14.8 Å². The lowest BCUT2D eigenvalue weighted by Crippen LogP contribution is -2.30. The van der Waals surface area contributed by atoms with E-state index in [-0.39, 0.29) is 21.0 Å². The summed E-state index contributed by atoms with van der Waals surface area (Å²) >= 11 is 2.98. The molecule has 0 spiro atoms. The van der Waals surface area contributed by atoms with Gasteiger partial charge in [0.2, 0.25) is 10.0 Å². The number of hydrogen-bond donors (Lipinski definition) is 1. The molecule has 20 heavy (non-hydrogen) atoms. The number of hydrogen-bond acceptors (Lipinski definition) is 4. The van der Waals surface area contributed by atoms with Crippen LogP contribution in [0.1, 0.15) is 6.42 Å². The fourth-order valence-corrected chi connectivity index (χ4v) is 4.44. The molecule has 2 N–H and O–H groups in total. The first-order chi connectivity index (χ1) is 9.36. The number of rotatable bonds is 4. The zero-order valence-corrected chi connectivity index (χ0v) is 13.4. The second kappa shape index (κ2) is 5.97. The first kappa shape index (κ1) is 15.7. The van der Waals surface area contributed by atoms with Gasteiger partial charge in [0.15, 0.2) is 0 Å². The average molecular weight is 367 g/mol. The third-order valence-corrected chi connectivity index (χ3v) is 5.85. The van der Waals surface area contributed by atoms with Crippen LogP contribution in [0.4, 0.5) is 10.1 Å². The van der Waals surface area contributed by atoms with E-state index in [4.69, 9.17) is 10.5 Å². The number of sulfonamides is 1. The van der Waals surface area contributed by atoms with Crippen molar-refractivity contribution in [2.45, 2.75) is 11.3 Å². The summed E-state index contributed by atoms with van der Waals surface area (Å²) in [5.74, 6) is -0.403. The molecule has 0 bridgehead atoms. The number of methoxy groups -OCH3 is 1. The lowest BCUT2D eigenvalue weighted by molar-refractivity contribution is 0.157. The molecule has 0 amide bonds. The second-order valence-corrected chi connectivity index (χ2v) is 7.54. The molecule has 0 aliphatic carbocycles. The number of benzene rings is 1. The Hall–Kier alpha value is -0.700. The Balaban J connectivity index is 2.30. The van der Waals surface area contributed by atoms with Gasteiger partial charge in [0.1, 0.15) is 10.7 Å². The number of nitrogens with zero attached hydrogens (tertiary/aromatic N) is 1. The van der Waals surface area contributed by atoms with Gasteiger partial charge >= 0.3 is 0 Å². The van der Waals surface area contributed by atoms with Crippen molar-refractivity contribution < 1.29 is 17.5 Å². The van der Waals surface area contributed by atoms with Gasteiger partial charge in [-0.15, -0.1) is 0 Å². The monoisotopic (exact) mass is 366 g/mol. The summed E-state index contributed by atoms with van der Waals surface area (Å²) in [4.78, 5) is -0.0659. The fourth-order valence-electron chi connectivity index (χ4n) is 2.29. The molecule has 8 heteroatoms. The highest BCUT2D eigenvalue weighted by Crippen LogP contribution is 2.31. The van der Waals surface area contributed by atoms with Crippen molar-refractivity contribution in [3.8, 4) is 0 Å². The van der Waals surface area contributed by atoms with Crippen molar-refractivity contribution in [2.75, 3.05) is 32.5 Å². The molecule has 1 atom stereocenters. The van der Waals surface area contributed by atoms with Crippen LogP contribution in [0, 0.1) is 11.7 Å². The summed E-state index contributed by atoms with van der Waals surface area (Å²) in [5.41, 5.74) is 5.56. The summed E-state index contributed by atoms with van der Waals surface area (Å²) in [6.45, 7) is 1.34. The molecule has 1 aromatic rings. The molecule has 1 aliphatic rings. The maximum absolute atomic E-state index is 13.3. The topological polar surface area (TPSA) is 72.6 Å². The minimum Gasteiger partial charge on any atom is -0.398 e. The number of anilines is 1. The lowest BCUT2D eigenvalue weighted by atomic mass is 10.1. The highest BCUT2D eigenvalue weighted by Gasteiger charge is 2.34. The predicted octanol–water partition coefficient (Wildman–Crippen LogP) is 1.83. The molecule has 1 aromatic carbocycles. The van der Waals surface area contributed by atoms with Crippen molar-refractivity contribution in [2.24, 2.45) is 5.92 Å². The van der Waals surface area contributed by atoms with E-state index in [1.165, 1.54) is 10.4 Å². The van der Waals surface area contributed by atoms with E-state index in [2.05, 4.69) is 15.9 Å². The SMILES string of the molecule is COCC1CCN(S(=O)(=O)c2cc(Br)c(F)cc2N)C1. The lowest BCUT2D eigenvalue weighted by Gasteiger charge is -2.18. The van der Waals surface area contributed by atoms with E-state index >= 15 is 0 Å². The Morgan fingerprint density at radius 2 is 2.25 bits per heavy atom. The van der Waals surface area contributed by atoms with E-state index in [9.17, 15) is 12.8 Å². The predicted molar refractivity (Wildman–Crippen MR) is 77.3 cm³/mol. The van der Waals surface area contributed by atoms with E-state index in [0.29, 0.717) is 19.7 Å². The van der Waals surface area contributed by atoms with Crippen LogP contribution in [-0.4, -0.2) is 39.5 Å². The standard InChI is InChI=1S/C12H16BrFN2O3S/c1-19-7-8-2-3-16(6-8)20(17,18)12-4-9(13)10(14)5-11(12)15/h4-5,8H,2-3,6-7,15H2,1H3. The molecule has 1 fully saturated rings. The van der Waals surface area contributed by atoms with Crippen LogP contribution in [0.5, 0.6) is 0 Å². The molecule has 1 saturated heterocycles. The summed E-state index contributed by atoms with van der Waals surface area (Å²) < 4.78 is 44.9. The highest BCUT2D eigenvalue weighted by atomic mass is 79.9. The zero-order valence-electron chi connectivity index (χ0n) is 11.0. The van der Waals surface area contributed by atoms with Crippen LogP contribution < -0.4 is 5.73 Å². The molecule has 0 saturated carbocycles. The van der Waals surface area contributed by atoms with E-state index in [0.717, 1.165) is 12.5 Å². The Labute approximate surface area is 126 Å². The molecular weight excluding hydrogens is 351 g/mol. The molecule has 1 unspecified atom stereocenters. The van der Waals surface area contributed by atoms with E-state index in [1.54, 1.807) is 7.11 Å². The number of halogens is 2. The molecule has 112 valence electrons. The Bertz CT molecular complexity index is 609. The van der Waals surface area contributed by atoms with Gasteiger partial charge in [0.05, 0.1) is 16.8 Å². The maximum atomic E-state index is 13.3. The van der Waals surface area contributed by atoms with Crippen molar-refractivity contribution in [1.29, 1.82) is 0 Å². The van der Waals surface area contributed by atoms with Crippen LogP contribution in [0.15, 0.2) is 21.5 Å². The quantitative estimate of drug-likeness (QED) is 0.825. The zero-order chi connectivity index (χ0) is 14.9. The van der Waals surface area contributed by atoms with Gasteiger partial charge in [-0.25, -0.2) is 12.8 Å². The van der Waals surface area contributed by atoms with Gasteiger partial charge in [-0.05, 0) is 40.4 Å². The molecule has 5 nitrogen and oxygen atoms in total. The minimum atomic E-state index is -3.70. The number of ether oxygens (including phenoxy) is 1. The van der Waals surface area contributed by atoms with Gasteiger partial charge in [-0.2, -0.15) is 4.31 Å². The van der Waals surface area contributed by atoms with Crippen molar-refractivity contribution in [3.05, 3.63) is 22.4 Å². The fraction of sp³-hybridized carbons (Fsp3) is 0.500. The molecule has 0 aromatic heterocycles. The van der Waals surface area contributed by atoms with Crippen molar-refractivity contribution in [1.82, 2.24) is 4.31 Å². The summed E-state index contributed by atoms with van der Waals surface area (Å²) in [6, 6.07) is 2.23. The van der Waals surface area contributed by atoms with Crippen LogP contribution in [0.25, 0.3) is 0 Å². The largest absolute Gasteiger partial charge is 0.398 e. The number of nitrogens with two attached hydrogens (primary N) is 1. The Kier molecular flexibility index (Phi) is 4.68. The van der Waals surface area contributed by atoms with Crippen LogP contribution in [0.3, 0.4) is 0 Å². The van der Waals surface area contributed by atoms with Gasteiger partial charge in [-0.3, -0.25) is 0 Å². The summed E-state index contributed by atoms with van der Waals surface area (Å²) in [5, 5.41) is 0. The number of nitrogen functional groups attached to an aromatic ring is 1. The van der Waals surface area contributed by atoms with Gasteiger partial charge < -0.3 is 10.5 Å². The highest BCUT2D eigenvalue weighted by molar-refractivity contribution is 9.10. The normalized spacial score (nSPS) is 20.4. The van der Waals surface area contributed by atoms with Crippen LogP contribution in [0.2, 0.25) is 0 Å². The average Bonchev–Trinajstić information content (AvgIpc) is 2.83. The Morgan fingerprint density at radius 3 is 2.90 bits per heavy atom. The second-order valence-electron chi connectivity index (χ2n) is 4.78. The third kappa shape index (κ3) is 2.98.